The second-order valence-electron chi connectivity index (χ2n) is 3.61. The molecule has 0 unspecified atom stereocenters. The topological polar surface area (TPSA) is 60.4 Å². The molecule has 3 heteroatoms. The van der Waals surface area contributed by atoms with Crippen LogP contribution in [0.1, 0.15) is 23.7 Å². The van der Waals surface area contributed by atoms with Crippen LogP contribution in [0.5, 0.6) is 0 Å². The van der Waals surface area contributed by atoms with Crippen molar-refractivity contribution in [2.75, 3.05) is 0 Å². The highest BCUT2D eigenvalue weighted by atomic mass is 16.4. The molecular weight excluding hydrogens is 180 g/mol. The molecule has 14 heavy (non-hydrogen) atoms. The summed E-state index contributed by atoms with van der Waals surface area (Å²) in [6.07, 6.45) is 0.247. The summed E-state index contributed by atoms with van der Waals surface area (Å²) in [7, 11) is 0. The molecule has 0 heterocycles. The summed E-state index contributed by atoms with van der Waals surface area (Å²) in [5, 5.41) is 20.5. The van der Waals surface area contributed by atoms with Crippen LogP contribution in [0.15, 0.2) is 24.3 Å². The number of carbonyl (C=O) groups is 1. The van der Waals surface area contributed by atoms with Gasteiger partial charge in [-0.3, -0.25) is 0 Å². The first kappa shape index (κ1) is 9.21. The molecule has 0 amide bonds. The first-order valence-corrected chi connectivity index (χ1v) is 4.67. The highest BCUT2D eigenvalue weighted by Gasteiger charge is 2.28. The normalized spacial score (nSPS) is 25.5. The van der Waals surface area contributed by atoms with Crippen LogP contribution in [-0.4, -0.2) is 11.1 Å². The fourth-order valence-electron chi connectivity index (χ4n) is 1.98. The van der Waals surface area contributed by atoms with Crippen LogP contribution in [0.3, 0.4) is 0 Å². The van der Waals surface area contributed by atoms with Gasteiger partial charge in [0.15, 0.2) is 0 Å². The molecule has 1 aliphatic carbocycles. The SMILES string of the molecule is O=C([O-])[C@H]1CCc2ccccc2[C@@H]1O. The Morgan fingerprint density at radius 3 is 2.86 bits per heavy atom. The van der Waals surface area contributed by atoms with Crippen molar-refractivity contribution in [3.05, 3.63) is 35.4 Å². The molecule has 0 fully saturated rings. The van der Waals surface area contributed by atoms with E-state index in [1.807, 2.05) is 12.1 Å². The Labute approximate surface area is 82.0 Å². The summed E-state index contributed by atoms with van der Waals surface area (Å²) in [4.78, 5) is 10.7. The third-order valence-corrected chi connectivity index (χ3v) is 2.78. The van der Waals surface area contributed by atoms with Gasteiger partial charge in [0.05, 0.1) is 6.10 Å². The lowest BCUT2D eigenvalue weighted by atomic mass is 9.81. The molecule has 0 spiro atoms. The first-order valence-electron chi connectivity index (χ1n) is 4.67. The Morgan fingerprint density at radius 2 is 2.14 bits per heavy atom. The van der Waals surface area contributed by atoms with Gasteiger partial charge >= 0.3 is 0 Å². The molecule has 1 N–H and O–H groups in total. The summed E-state index contributed by atoms with van der Waals surface area (Å²) in [5.74, 6) is -1.92. The second kappa shape index (κ2) is 3.42. The van der Waals surface area contributed by atoms with Crippen LogP contribution in [0.25, 0.3) is 0 Å². The Bertz CT molecular complexity index is 359. The smallest absolute Gasteiger partial charge is 0.0873 e. The monoisotopic (exact) mass is 191 g/mol. The lowest BCUT2D eigenvalue weighted by Gasteiger charge is -2.30. The lowest BCUT2D eigenvalue weighted by molar-refractivity contribution is -0.315. The average Bonchev–Trinajstić information content (AvgIpc) is 2.18. The van der Waals surface area contributed by atoms with Crippen molar-refractivity contribution in [1.82, 2.24) is 0 Å². The summed E-state index contributed by atoms with van der Waals surface area (Å²) in [6.45, 7) is 0. The van der Waals surface area contributed by atoms with Crippen molar-refractivity contribution in [2.24, 2.45) is 5.92 Å². The number of aryl methyl sites for hydroxylation is 1. The van der Waals surface area contributed by atoms with Crippen LogP contribution in [0.4, 0.5) is 0 Å². The summed E-state index contributed by atoms with van der Waals surface area (Å²) in [5.41, 5.74) is 1.77. The quantitative estimate of drug-likeness (QED) is 0.681. The molecule has 0 radical (unpaired) electrons. The van der Waals surface area contributed by atoms with Crippen LogP contribution in [-0.2, 0) is 11.2 Å². The zero-order valence-corrected chi connectivity index (χ0v) is 7.64. The van der Waals surface area contributed by atoms with Gasteiger partial charge in [-0.15, -0.1) is 0 Å². The second-order valence-corrected chi connectivity index (χ2v) is 3.61. The standard InChI is InChI=1S/C11H12O3/c12-10-8-4-2-1-3-7(8)5-6-9(10)11(13)14/h1-4,9-10,12H,5-6H2,(H,13,14)/p-1/t9-,10-/m0/s1. The maximum absolute atomic E-state index is 10.7. The third-order valence-electron chi connectivity index (χ3n) is 2.78. The molecule has 0 bridgehead atoms. The van der Waals surface area contributed by atoms with Crippen molar-refractivity contribution >= 4 is 5.97 Å². The van der Waals surface area contributed by atoms with Crippen molar-refractivity contribution in [1.29, 1.82) is 0 Å². The molecule has 2 atom stereocenters. The molecule has 0 saturated carbocycles. The number of carbonyl (C=O) groups excluding carboxylic acids is 1. The third kappa shape index (κ3) is 1.40. The number of aliphatic hydroxyl groups excluding tert-OH is 1. The number of fused-ring (bicyclic) bond motifs is 1. The maximum atomic E-state index is 10.7. The molecule has 3 nitrogen and oxygen atoms in total. The predicted octanol–water partition coefficient (Wildman–Crippen LogP) is 0.0323. The van der Waals surface area contributed by atoms with Gasteiger partial charge in [-0.1, -0.05) is 24.3 Å². The van der Waals surface area contributed by atoms with Gasteiger partial charge in [0, 0.05) is 11.9 Å². The largest absolute Gasteiger partial charge is 0.550 e. The molecule has 1 aromatic rings. The molecule has 74 valence electrons. The average molecular weight is 191 g/mol. The minimum absolute atomic E-state index is 0.459. The predicted molar refractivity (Wildman–Crippen MR) is 48.2 cm³/mol. The van der Waals surface area contributed by atoms with Crippen molar-refractivity contribution in [3.63, 3.8) is 0 Å². The minimum Gasteiger partial charge on any atom is -0.550 e. The van der Waals surface area contributed by atoms with Crippen LogP contribution in [0.2, 0.25) is 0 Å². The molecule has 0 aromatic heterocycles. The van der Waals surface area contributed by atoms with E-state index < -0.39 is 18.0 Å². The van der Waals surface area contributed by atoms with E-state index in [2.05, 4.69) is 0 Å². The van der Waals surface area contributed by atoms with Crippen LogP contribution >= 0.6 is 0 Å². The fourth-order valence-corrected chi connectivity index (χ4v) is 1.98. The molecule has 1 aliphatic rings. The summed E-state index contributed by atoms with van der Waals surface area (Å²) >= 11 is 0. The maximum Gasteiger partial charge on any atom is 0.0873 e. The van der Waals surface area contributed by atoms with Gasteiger partial charge in [-0.2, -0.15) is 0 Å². The van der Waals surface area contributed by atoms with Gasteiger partial charge in [-0.05, 0) is 24.0 Å². The van der Waals surface area contributed by atoms with Gasteiger partial charge in [0.2, 0.25) is 0 Å². The number of carboxylic acid groups (broad SMARTS) is 1. The Balaban J connectivity index is 2.36. The number of hydrogen-bond acceptors (Lipinski definition) is 3. The summed E-state index contributed by atoms with van der Waals surface area (Å²) in [6, 6.07) is 7.39. The molecule has 1 aromatic carbocycles. The summed E-state index contributed by atoms with van der Waals surface area (Å²) < 4.78 is 0. The zero-order valence-electron chi connectivity index (χ0n) is 7.64. The van der Waals surface area contributed by atoms with Gasteiger partial charge in [0.1, 0.15) is 0 Å². The van der Waals surface area contributed by atoms with E-state index in [0.717, 1.165) is 11.1 Å². The van der Waals surface area contributed by atoms with Gasteiger partial charge < -0.3 is 15.0 Å². The Hall–Kier alpha value is -1.35. The fraction of sp³-hybridized carbons (Fsp3) is 0.364. The van der Waals surface area contributed by atoms with Gasteiger partial charge in [0.25, 0.3) is 0 Å². The lowest BCUT2D eigenvalue weighted by Crippen LogP contribution is -2.37. The molecular formula is C11H11O3-. The van der Waals surface area contributed by atoms with E-state index in [1.165, 1.54) is 0 Å². The number of benzene rings is 1. The highest BCUT2D eigenvalue weighted by molar-refractivity contribution is 5.69. The Morgan fingerprint density at radius 1 is 1.43 bits per heavy atom. The van der Waals surface area contributed by atoms with E-state index in [9.17, 15) is 15.0 Å². The number of aliphatic hydroxyl groups is 1. The number of carboxylic acids is 1. The molecule has 0 saturated heterocycles. The van der Waals surface area contributed by atoms with Crippen molar-refractivity contribution < 1.29 is 15.0 Å². The van der Waals surface area contributed by atoms with Gasteiger partial charge in [-0.25, -0.2) is 0 Å². The van der Waals surface area contributed by atoms with Crippen LogP contribution < -0.4 is 5.11 Å². The van der Waals surface area contributed by atoms with E-state index in [4.69, 9.17) is 0 Å². The van der Waals surface area contributed by atoms with E-state index in [0.29, 0.717) is 12.8 Å². The molecule has 0 aliphatic heterocycles. The van der Waals surface area contributed by atoms with E-state index in [-0.39, 0.29) is 0 Å². The molecule has 2 rings (SSSR count). The Kier molecular flexibility index (Phi) is 2.25. The van der Waals surface area contributed by atoms with E-state index in [1.54, 1.807) is 12.1 Å². The zero-order chi connectivity index (χ0) is 10.1. The first-order chi connectivity index (χ1) is 6.70. The highest BCUT2D eigenvalue weighted by Crippen LogP contribution is 2.33. The number of rotatable bonds is 1. The minimum atomic E-state index is -1.16. The van der Waals surface area contributed by atoms with Crippen molar-refractivity contribution in [3.8, 4) is 0 Å². The van der Waals surface area contributed by atoms with Crippen molar-refractivity contribution in [2.45, 2.75) is 18.9 Å². The van der Waals surface area contributed by atoms with Crippen LogP contribution in [0, 0.1) is 5.92 Å². The number of aliphatic carboxylic acids is 1. The van der Waals surface area contributed by atoms with E-state index >= 15 is 0 Å². The number of hydrogen-bond donors (Lipinski definition) is 1.